The van der Waals surface area contributed by atoms with Crippen molar-refractivity contribution in [1.29, 1.82) is 0 Å². The molecule has 0 fully saturated rings. The number of aromatic nitrogens is 1. The van der Waals surface area contributed by atoms with Gasteiger partial charge in [-0.1, -0.05) is 63.7 Å². The summed E-state index contributed by atoms with van der Waals surface area (Å²) in [6.07, 6.45) is 1.90. The van der Waals surface area contributed by atoms with E-state index in [9.17, 15) is 0 Å². The topological polar surface area (TPSA) is 12.9 Å². The molecule has 2 heteroatoms. The maximum Gasteiger partial charge on any atom is 0.0799 e. The van der Waals surface area contributed by atoms with Gasteiger partial charge in [0, 0.05) is 11.8 Å². The van der Waals surface area contributed by atoms with Crippen LogP contribution in [-0.2, 0) is 0 Å². The van der Waals surface area contributed by atoms with Crippen molar-refractivity contribution in [2.75, 3.05) is 0 Å². The van der Waals surface area contributed by atoms with Crippen molar-refractivity contribution in [3.8, 4) is 11.3 Å². The van der Waals surface area contributed by atoms with Gasteiger partial charge in [0.05, 0.1) is 19.3 Å². The van der Waals surface area contributed by atoms with Crippen LogP contribution >= 0.6 is 0 Å². The van der Waals surface area contributed by atoms with Gasteiger partial charge >= 0.3 is 0 Å². The van der Waals surface area contributed by atoms with Gasteiger partial charge in [-0.25, -0.2) is 0 Å². The van der Waals surface area contributed by atoms with Crippen LogP contribution in [-0.4, -0.2) is 13.1 Å². The van der Waals surface area contributed by atoms with Gasteiger partial charge in [0.25, 0.3) is 0 Å². The molecule has 0 radical (unpaired) electrons. The third-order valence-corrected chi connectivity index (χ3v) is 5.22. The van der Waals surface area contributed by atoms with Crippen molar-refractivity contribution in [3.63, 3.8) is 0 Å². The van der Waals surface area contributed by atoms with Crippen LogP contribution in [0.3, 0.4) is 0 Å². The Kier molecular flexibility index (Phi) is 2.64. The molecule has 1 aromatic carbocycles. The van der Waals surface area contributed by atoms with E-state index in [1.807, 2.05) is 12.3 Å². The zero-order valence-electron chi connectivity index (χ0n) is 16.3. The maximum absolute atomic E-state index is 8.10. The van der Waals surface area contributed by atoms with Crippen molar-refractivity contribution in [2.24, 2.45) is 0 Å². The summed E-state index contributed by atoms with van der Waals surface area (Å²) in [5.74, 6) is 0.342. The molecule has 0 aliphatic rings. The summed E-state index contributed by atoms with van der Waals surface area (Å²) in [6.45, 7) is 11.1. The van der Waals surface area contributed by atoms with Crippen molar-refractivity contribution in [1.82, 2.24) is 4.98 Å². The Morgan fingerprint density at radius 3 is 2.53 bits per heavy atom. The van der Waals surface area contributed by atoms with E-state index >= 15 is 0 Å². The van der Waals surface area contributed by atoms with Crippen LogP contribution in [0, 0.1) is 0 Å². The van der Waals surface area contributed by atoms with Crippen LogP contribution < -0.4 is 5.19 Å². The average molecular weight is 273 g/mol. The first-order chi connectivity index (χ1) is 10.5. The van der Waals surface area contributed by atoms with Crippen molar-refractivity contribution >= 4 is 13.3 Å². The summed E-state index contributed by atoms with van der Waals surface area (Å²) in [5.41, 5.74) is 2.30. The zero-order valence-corrected chi connectivity index (χ0v) is 13.3. The molecule has 0 atom stereocenters. The van der Waals surface area contributed by atoms with Crippen molar-refractivity contribution in [2.45, 2.75) is 39.4 Å². The van der Waals surface area contributed by atoms with E-state index in [4.69, 9.17) is 5.48 Å². The molecule has 2 aromatic rings. The van der Waals surface area contributed by atoms with E-state index < -0.39 is 8.07 Å². The molecule has 0 saturated heterocycles. The first-order valence-corrected chi connectivity index (χ1v) is 10.1. The Morgan fingerprint density at radius 1 is 1.16 bits per heavy atom. The highest BCUT2D eigenvalue weighted by atomic mass is 28.3. The van der Waals surface area contributed by atoms with Crippen LogP contribution in [0.25, 0.3) is 11.3 Å². The largest absolute Gasteiger partial charge is 0.256 e. The van der Waals surface area contributed by atoms with E-state index in [0.29, 0.717) is 17.2 Å². The minimum atomic E-state index is -1.52. The summed E-state index contributed by atoms with van der Waals surface area (Å²) < 4.78 is 31.4. The second kappa shape index (κ2) is 5.30. The molecule has 1 aromatic heterocycles. The lowest BCUT2D eigenvalue weighted by molar-refractivity contribution is 0.870. The number of rotatable bonds is 3. The smallest absolute Gasteiger partial charge is 0.0799 e. The summed E-state index contributed by atoms with van der Waals surface area (Å²) >= 11 is 0. The summed E-state index contributed by atoms with van der Waals surface area (Å²) in [6, 6.07) is 2.98. The number of pyridine rings is 1. The second-order valence-electron chi connectivity index (χ2n) is 6.14. The molecular weight excluding hydrogens is 246 g/mol. The van der Waals surface area contributed by atoms with Gasteiger partial charge in [0.1, 0.15) is 0 Å². The van der Waals surface area contributed by atoms with E-state index in [2.05, 4.69) is 38.5 Å². The molecule has 0 unspecified atom stereocenters. The van der Waals surface area contributed by atoms with E-state index in [1.165, 1.54) is 16.8 Å². The Morgan fingerprint density at radius 2 is 1.89 bits per heavy atom. The van der Waals surface area contributed by atoms with Gasteiger partial charge in [-0.15, -0.1) is 0 Å². The van der Waals surface area contributed by atoms with Gasteiger partial charge in [-0.3, -0.25) is 4.98 Å². The molecule has 19 heavy (non-hydrogen) atoms. The molecule has 0 saturated carbocycles. The molecular formula is C17H23NSi. The third-order valence-electron chi connectivity index (χ3n) is 3.19. The molecule has 0 amide bonds. The fraction of sp³-hybridized carbons (Fsp3) is 0.353. The molecule has 1 nitrogen and oxygen atoms in total. The Bertz CT molecular complexity index is 751. The first kappa shape index (κ1) is 9.48. The highest BCUT2D eigenvalue weighted by Gasteiger charge is 2.22. The van der Waals surface area contributed by atoms with E-state index in [0.717, 1.165) is 0 Å². The fourth-order valence-electron chi connectivity index (χ4n) is 2.14. The number of hydrogen-bond acceptors (Lipinski definition) is 1. The van der Waals surface area contributed by atoms with Crippen LogP contribution in [0.2, 0.25) is 19.6 Å². The van der Waals surface area contributed by atoms with E-state index in [1.54, 1.807) is 0 Å². The molecule has 0 spiro atoms. The van der Waals surface area contributed by atoms with Gasteiger partial charge in [0.15, 0.2) is 0 Å². The molecule has 2 rings (SSSR count). The highest BCUT2D eigenvalue weighted by Crippen LogP contribution is 2.22. The van der Waals surface area contributed by atoms with Gasteiger partial charge in [-0.2, -0.15) is 0 Å². The van der Waals surface area contributed by atoms with Gasteiger partial charge < -0.3 is 0 Å². The van der Waals surface area contributed by atoms with Crippen LogP contribution in [0.5, 0.6) is 0 Å². The molecule has 0 aliphatic carbocycles. The van der Waals surface area contributed by atoms with Crippen LogP contribution in [0.4, 0.5) is 0 Å². The van der Waals surface area contributed by atoms with E-state index in [-0.39, 0.29) is 24.2 Å². The monoisotopic (exact) mass is 273 g/mol. The lowest BCUT2D eigenvalue weighted by Gasteiger charge is -2.23. The minimum absolute atomic E-state index is 0.0334. The predicted molar refractivity (Wildman–Crippen MR) is 86.7 cm³/mol. The fourth-order valence-corrected chi connectivity index (χ4v) is 3.82. The summed E-state index contributed by atoms with van der Waals surface area (Å²) in [4.78, 5) is 4.52. The van der Waals surface area contributed by atoms with Gasteiger partial charge in [0.2, 0.25) is 0 Å². The summed E-state index contributed by atoms with van der Waals surface area (Å²) in [7, 11) is -1.52. The summed E-state index contributed by atoms with van der Waals surface area (Å²) in [5, 5.41) is 1.30. The average Bonchev–Trinajstić information content (AvgIpc) is 2.47. The highest BCUT2D eigenvalue weighted by molar-refractivity contribution is 6.89. The SMILES string of the molecule is [2H]c1cc(-c2cc(C(C)C)c([Si](C)(C)C)cn2)c([2H])c([2H])c1[2H]. The standard InChI is InChI=1S/C17H23NSi/c1-13(2)15-11-16(14-9-7-6-8-10-14)18-12-17(15)19(3,4)5/h6-13H,1-5H3/i6D,7D,8D,9D. The molecule has 1 heterocycles. The Hall–Kier alpha value is -1.41. The first-order valence-electron chi connectivity index (χ1n) is 8.62. The normalized spacial score (nSPS) is 14.8. The zero-order chi connectivity index (χ0) is 17.5. The lowest BCUT2D eigenvalue weighted by Crippen LogP contribution is -2.40. The minimum Gasteiger partial charge on any atom is -0.256 e. The molecule has 100 valence electrons. The third kappa shape index (κ3) is 3.13. The predicted octanol–water partition coefficient (Wildman–Crippen LogP) is 4.42. The van der Waals surface area contributed by atoms with Crippen LogP contribution in [0.15, 0.2) is 42.5 Å². The number of benzene rings is 1. The van der Waals surface area contributed by atoms with Crippen LogP contribution in [0.1, 0.15) is 30.8 Å². The molecule has 0 N–H and O–H groups in total. The Balaban J connectivity index is 2.70. The van der Waals surface area contributed by atoms with Crippen molar-refractivity contribution < 1.29 is 5.48 Å². The second-order valence-corrected chi connectivity index (χ2v) is 11.2. The molecule has 0 bridgehead atoms. The van der Waals surface area contributed by atoms with Crippen molar-refractivity contribution in [3.05, 3.63) is 48.1 Å². The quantitative estimate of drug-likeness (QED) is 0.755. The molecule has 0 aliphatic heterocycles. The lowest BCUT2D eigenvalue weighted by atomic mass is 10.0. The Labute approximate surface area is 123 Å². The van der Waals surface area contributed by atoms with Gasteiger partial charge in [-0.05, 0) is 22.7 Å². The maximum atomic E-state index is 8.10. The number of nitrogens with zero attached hydrogens (tertiary/aromatic N) is 1. The number of hydrogen-bond donors (Lipinski definition) is 0.